The molecule has 2 N–H and O–H groups in total. The van der Waals surface area contributed by atoms with Crippen molar-refractivity contribution >= 4 is 45.8 Å². The number of anilines is 2. The van der Waals surface area contributed by atoms with Crippen molar-refractivity contribution in [2.24, 2.45) is 7.05 Å². The van der Waals surface area contributed by atoms with Gasteiger partial charge in [0.1, 0.15) is 0 Å². The molecule has 0 saturated heterocycles. The summed E-state index contributed by atoms with van der Waals surface area (Å²) in [7, 11) is 1.77. The molecular weight excluding hydrogens is 394 g/mol. The molecule has 1 aromatic carbocycles. The highest BCUT2D eigenvalue weighted by molar-refractivity contribution is 6.33. The first kappa shape index (κ1) is 20.6. The number of pyridine rings is 1. The van der Waals surface area contributed by atoms with Gasteiger partial charge in [0, 0.05) is 24.8 Å². The van der Waals surface area contributed by atoms with Gasteiger partial charge in [-0.1, -0.05) is 18.5 Å². The Morgan fingerprint density at radius 3 is 2.66 bits per heavy atom. The summed E-state index contributed by atoms with van der Waals surface area (Å²) in [5.74, 6) is -0.186. The van der Waals surface area contributed by atoms with Crippen LogP contribution in [0.4, 0.5) is 11.4 Å². The topological polar surface area (TPSA) is 98.1 Å². The van der Waals surface area contributed by atoms with Gasteiger partial charge in [0.15, 0.2) is 12.3 Å². The second kappa shape index (κ2) is 8.48. The quantitative estimate of drug-likeness (QED) is 0.640. The number of halogens is 1. The van der Waals surface area contributed by atoms with Crippen LogP contribution in [0.25, 0.3) is 11.0 Å². The third-order valence-electron chi connectivity index (χ3n) is 4.27. The van der Waals surface area contributed by atoms with Crippen molar-refractivity contribution in [3.8, 4) is 5.88 Å². The summed E-state index contributed by atoms with van der Waals surface area (Å²) < 4.78 is 7.27. The Bertz CT molecular complexity index is 1090. The van der Waals surface area contributed by atoms with Gasteiger partial charge in [-0.25, -0.2) is 9.67 Å². The van der Waals surface area contributed by atoms with Crippen molar-refractivity contribution in [2.75, 3.05) is 17.2 Å². The minimum absolute atomic E-state index is 0.130. The molecule has 29 heavy (non-hydrogen) atoms. The molecule has 0 unspecified atom stereocenters. The van der Waals surface area contributed by atoms with Crippen molar-refractivity contribution in [3.63, 3.8) is 0 Å². The van der Waals surface area contributed by atoms with Crippen molar-refractivity contribution in [3.05, 3.63) is 40.5 Å². The van der Waals surface area contributed by atoms with E-state index in [0.717, 1.165) is 16.6 Å². The van der Waals surface area contributed by atoms with E-state index >= 15 is 0 Å². The van der Waals surface area contributed by atoms with Gasteiger partial charge >= 0.3 is 0 Å². The van der Waals surface area contributed by atoms with Crippen LogP contribution in [0, 0.1) is 13.8 Å². The molecule has 0 aliphatic heterocycles. The second-order valence-electron chi connectivity index (χ2n) is 6.64. The predicted octanol–water partition coefficient (Wildman–Crippen LogP) is 3.60. The van der Waals surface area contributed by atoms with Gasteiger partial charge in [-0.2, -0.15) is 0 Å². The maximum atomic E-state index is 12.4. The molecule has 9 heteroatoms. The number of aryl methyl sites for hydroxylation is 3. The van der Waals surface area contributed by atoms with Crippen LogP contribution >= 0.6 is 11.6 Å². The van der Waals surface area contributed by atoms with Crippen LogP contribution in [-0.4, -0.2) is 33.2 Å². The molecule has 0 aliphatic carbocycles. The van der Waals surface area contributed by atoms with Crippen LogP contribution in [0.1, 0.15) is 24.6 Å². The number of nitrogens with zero attached hydrogens (tertiary/aromatic N) is 3. The number of carbonyl (C=O) groups is 2. The van der Waals surface area contributed by atoms with Crippen molar-refractivity contribution in [1.29, 1.82) is 0 Å². The van der Waals surface area contributed by atoms with Crippen LogP contribution in [0.15, 0.2) is 24.3 Å². The fourth-order valence-electron chi connectivity index (χ4n) is 2.92. The molecule has 2 amide bonds. The average Bonchev–Trinajstić information content (AvgIpc) is 2.98. The Morgan fingerprint density at radius 1 is 1.17 bits per heavy atom. The normalized spacial score (nSPS) is 10.8. The van der Waals surface area contributed by atoms with E-state index in [0.29, 0.717) is 34.3 Å². The lowest BCUT2D eigenvalue weighted by molar-refractivity contribution is -0.118. The standard InChI is InChI=1S/C20H22ClN5O3/c1-5-16(27)23-13-6-7-14(21)15(9-13)24-17(28)10-29-20-18-11(2)8-12(3)22-19(18)26(4)25-20/h6-9H,5,10H2,1-4H3,(H,23,27)(H,24,28). The molecular formula is C20H22ClN5O3. The zero-order valence-electron chi connectivity index (χ0n) is 16.7. The number of ether oxygens (including phenoxy) is 1. The molecule has 8 nitrogen and oxygen atoms in total. The fourth-order valence-corrected chi connectivity index (χ4v) is 3.08. The Hall–Kier alpha value is -3.13. The largest absolute Gasteiger partial charge is 0.466 e. The highest BCUT2D eigenvalue weighted by atomic mass is 35.5. The lowest BCUT2D eigenvalue weighted by Crippen LogP contribution is -2.21. The summed E-state index contributed by atoms with van der Waals surface area (Å²) in [6, 6.07) is 6.81. The summed E-state index contributed by atoms with van der Waals surface area (Å²) in [5, 5.41) is 10.9. The van der Waals surface area contributed by atoms with Crippen LogP contribution in [0.2, 0.25) is 5.02 Å². The summed E-state index contributed by atoms with van der Waals surface area (Å²) in [6.07, 6.45) is 0.351. The van der Waals surface area contributed by atoms with E-state index in [4.69, 9.17) is 16.3 Å². The Labute approximate surface area is 173 Å². The first-order valence-corrected chi connectivity index (χ1v) is 9.49. The van der Waals surface area contributed by atoms with E-state index in [2.05, 4.69) is 20.7 Å². The number of amides is 2. The van der Waals surface area contributed by atoms with Crippen molar-refractivity contribution in [2.45, 2.75) is 27.2 Å². The molecule has 0 aliphatic rings. The molecule has 0 bridgehead atoms. The molecule has 152 valence electrons. The maximum Gasteiger partial charge on any atom is 0.262 e. The molecule has 0 spiro atoms. The fraction of sp³-hybridized carbons (Fsp3) is 0.300. The van der Waals surface area contributed by atoms with E-state index in [1.165, 1.54) is 0 Å². The van der Waals surface area contributed by atoms with E-state index in [-0.39, 0.29) is 12.5 Å². The molecule has 0 radical (unpaired) electrons. The Morgan fingerprint density at radius 2 is 1.93 bits per heavy atom. The van der Waals surface area contributed by atoms with Gasteiger partial charge in [-0.3, -0.25) is 9.59 Å². The third kappa shape index (κ3) is 4.65. The number of benzene rings is 1. The predicted molar refractivity (Wildman–Crippen MR) is 112 cm³/mol. The smallest absolute Gasteiger partial charge is 0.262 e. The lowest BCUT2D eigenvalue weighted by Gasteiger charge is -2.10. The molecule has 3 aromatic rings. The number of carbonyl (C=O) groups excluding carboxylic acids is 2. The number of aromatic nitrogens is 3. The lowest BCUT2D eigenvalue weighted by atomic mass is 10.2. The SMILES string of the molecule is CCC(=O)Nc1ccc(Cl)c(NC(=O)COc2nn(C)c3nc(C)cc(C)c23)c1. The van der Waals surface area contributed by atoms with Gasteiger partial charge < -0.3 is 15.4 Å². The molecule has 0 fully saturated rings. The van der Waals surface area contributed by atoms with E-state index in [9.17, 15) is 9.59 Å². The van der Waals surface area contributed by atoms with Crippen LogP contribution in [0.5, 0.6) is 5.88 Å². The molecule has 3 rings (SSSR count). The minimum atomic E-state index is -0.401. The van der Waals surface area contributed by atoms with Gasteiger partial charge in [0.05, 0.1) is 16.1 Å². The monoisotopic (exact) mass is 415 g/mol. The van der Waals surface area contributed by atoms with Crippen molar-refractivity contribution in [1.82, 2.24) is 14.8 Å². The maximum absolute atomic E-state index is 12.4. The van der Waals surface area contributed by atoms with Crippen LogP contribution in [-0.2, 0) is 16.6 Å². The van der Waals surface area contributed by atoms with E-state index < -0.39 is 5.91 Å². The van der Waals surface area contributed by atoms with Gasteiger partial charge in [0.2, 0.25) is 11.8 Å². The van der Waals surface area contributed by atoms with Gasteiger partial charge in [0.25, 0.3) is 5.91 Å². The molecule has 2 aromatic heterocycles. The number of fused-ring (bicyclic) bond motifs is 1. The number of hydrogen-bond donors (Lipinski definition) is 2. The zero-order valence-corrected chi connectivity index (χ0v) is 17.4. The van der Waals surface area contributed by atoms with Crippen LogP contribution < -0.4 is 15.4 Å². The van der Waals surface area contributed by atoms with E-state index in [1.807, 2.05) is 19.9 Å². The van der Waals surface area contributed by atoms with Crippen LogP contribution in [0.3, 0.4) is 0 Å². The summed E-state index contributed by atoms with van der Waals surface area (Å²) >= 11 is 6.15. The summed E-state index contributed by atoms with van der Waals surface area (Å²) in [6.45, 7) is 5.36. The molecule has 0 atom stereocenters. The first-order valence-electron chi connectivity index (χ1n) is 9.11. The average molecular weight is 416 g/mol. The highest BCUT2D eigenvalue weighted by Crippen LogP contribution is 2.28. The first-order chi connectivity index (χ1) is 13.8. The molecule has 2 heterocycles. The Balaban J connectivity index is 1.72. The van der Waals surface area contributed by atoms with Gasteiger partial charge in [-0.15, -0.1) is 5.10 Å². The third-order valence-corrected chi connectivity index (χ3v) is 4.60. The number of rotatable bonds is 6. The molecule has 0 saturated carbocycles. The highest BCUT2D eigenvalue weighted by Gasteiger charge is 2.16. The number of nitrogens with one attached hydrogen (secondary N) is 2. The Kier molecular flexibility index (Phi) is 6.03. The summed E-state index contributed by atoms with van der Waals surface area (Å²) in [4.78, 5) is 28.4. The summed E-state index contributed by atoms with van der Waals surface area (Å²) in [5.41, 5.74) is 3.48. The zero-order chi connectivity index (χ0) is 21.1. The second-order valence-corrected chi connectivity index (χ2v) is 7.05. The van der Waals surface area contributed by atoms with E-state index in [1.54, 1.807) is 36.9 Å². The minimum Gasteiger partial charge on any atom is -0.466 e. The number of hydrogen-bond acceptors (Lipinski definition) is 5. The van der Waals surface area contributed by atoms with Crippen molar-refractivity contribution < 1.29 is 14.3 Å². The van der Waals surface area contributed by atoms with Gasteiger partial charge in [-0.05, 0) is 43.7 Å².